The minimum atomic E-state index is 0.590. The molecule has 0 spiro atoms. The van der Waals surface area contributed by atoms with Crippen LogP contribution in [0.25, 0.3) is 22.4 Å². The molecular formula is C18H17NO3S. The van der Waals surface area contributed by atoms with Gasteiger partial charge in [-0.25, -0.2) is 4.98 Å². The van der Waals surface area contributed by atoms with E-state index in [0.29, 0.717) is 17.2 Å². The van der Waals surface area contributed by atoms with Crippen LogP contribution in [0.2, 0.25) is 0 Å². The first-order valence-corrected chi connectivity index (χ1v) is 7.90. The van der Waals surface area contributed by atoms with E-state index in [9.17, 15) is 0 Å². The Balaban J connectivity index is 1.95. The summed E-state index contributed by atoms with van der Waals surface area (Å²) in [6, 6.07) is 11.9. The molecule has 0 unspecified atom stereocenters. The van der Waals surface area contributed by atoms with E-state index in [1.165, 1.54) is 4.70 Å². The zero-order chi connectivity index (χ0) is 16.2. The monoisotopic (exact) mass is 327 g/mol. The van der Waals surface area contributed by atoms with Gasteiger partial charge < -0.3 is 14.2 Å². The van der Waals surface area contributed by atoms with Crippen LogP contribution >= 0.6 is 11.3 Å². The molecule has 0 atom stereocenters. The fourth-order valence-corrected chi connectivity index (χ4v) is 3.20. The van der Waals surface area contributed by atoms with Gasteiger partial charge in [0.25, 0.3) is 0 Å². The Bertz CT molecular complexity index is 796. The van der Waals surface area contributed by atoms with E-state index in [1.807, 2.05) is 42.5 Å². The normalized spacial score (nSPS) is 11.1. The third-order valence-electron chi connectivity index (χ3n) is 3.42. The lowest BCUT2D eigenvalue weighted by molar-refractivity contribution is 0.324. The largest absolute Gasteiger partial charge is 0.493 e. The van der Waals surface area contributed by atoms with Crippen LogP contribution in [-0.2, 0) is 0 Å². The Morgan fingerprint density at radius 1 is 0.913 bits per heavy atom. The van der Waals surface area contributed by atoms with E-state index in [4.69, 9.17) is 14.2 Å². The lowest BCUT2D eigenvalue weighted by Gasteiger charge is -2.12. The number of rotatable bonds is 5. The molecule has 0 radical (unpaired) electrons. The highest BCUT2D eigenvalue weighted by molar-refractivity contribution is 7.19. The van der Waals surface area contributed by atoms with Crippen molar-refractivity contribution in [2.45, 2.75) is 0 Å². The Hall–Kier alpha value is -2.53. The van der Waals surface area contributed by atoms with E-state index >= 15 is 0 Å². The van der Waals surface area contributed by atoms with Gasteiger partial charge in [0.05, 0.1) is 31.5 Å². The Labute approximate surface area is 139 Å². The minimum absolute atomic E-state index is 0.590. The van der Waals surface area contributed by atoms with Gasteiger partial charge >= 0.3 is 0 Å². The molecule has 2 aromatic carbocycles. The van der Waals surface area contributed by atoms with Crippen molar-refractivity contribution in [2.75, 3.05) is 21.3 Å². The molecule has 23 heavy (non-hydrogen) atoms. The van der Waals surface area contributed by atoms with Crippen LogP contribution in [-0.4, -0.2) is 26.3 Å². The van der Waals surface area contributed by atoms with E-state index in [-0.39, 0.29) is 0 Å². The van der Waals surface area contributed by atoms with Gasteiger partial charge in [-0.2, -0.15) is 0 Å². The number of methoxy groups -OCH3 is 3. The van der Waals surface area contributed by atoms with Crippen molar-refractivity contribution in [3.8, 4) is 17.2 Å². The second kappa shape index (κ2) is 6.71. The van der Waals surface area contributed by atoms with Crippen molar-refractivity contribution < 1.29 is 14.2 Å². The highest BCUT2D eigenvalue weighted by Gasteiger charge is 2.12. The average Bonchev–Trinajstić information content (AvgIpc) is 3.01. The second-order valence-corrected chi connectivity index (χ2v) is 5.87. The van der Waals surface area contributed by atoms with Crippen LogP contribution in [0.1, 0.15) is 10.6 Å². The molecule has 1 heterocycles. The molecule has 0 saturated carbocycles. The lowest BCUT2D eigenvalue weighted by atomic mass is 10.1. The average molecular weight is 327 g/mol. The SMILES string of the molecule is COc1cc(/C=C\c2nc3ccccc3s2)cc(OC)c1OC. The molecular weight excluding hydrogens is 310 g/mol. The van der Waals surface area contributed by atoms with Gasteiger partial charge in [0.2, 0.25) is 5.75 Å². The van der Waals surface area contributed by atoms with E-state index in [2.05, 4.69) is 11.1 Å². The van der Waals surface area contributed by atoms with Gasteiger partial charge in [-0.3, -0.25) is 0 Å². The van der Waals surface area contributed by atoms with Crippen LogP contribution in [0.15, 0.2) is 36.4 Å². The summed E-state index contributed by atoms with van der Waals surface area (Å²) in [6.45, 7) is 0. The zero-order valence-corrected chi connectivity index (χ0v) is 14.0. The fourth-order valence-electron chi connectivity index (χ4n) is 2.33. The summed E-state index contributed by atoms with van der Waals surface area (Å²) < 4.78 is 17.2. The van der Waals surface area contributed by atoms with Gasteiger partial charge in [0, 0.05) is 0 Å². The molecule has 0 amide bonds. The molecule has 118 valence electrons. The molecule has 0 N–H and O–H groups in total. The summed E-state index contributed by atoms with van der Waals surface area (Å²) in [6.07, 6.45) is 3.98. The Morgan fingerprint density at radius 2 is 1.61 bits per heavy atom. The summed E-state index contributed by atoms with van der Waals surface area (Å²) in [5.74, 6) is 1.86. The number of nitrogens with zero attached hydrogens (tertiary/aromatic N) is 1. The molecule has 0 aliphatic rings. The van der Waals surface area contributed by atoms with Crippen LogP contribution in [0.3, 0.4) is 0 Å². The first kappa shape index (κ1) is 15.4. The van der Waals surface area contributed by atoms with Crippen LogP contribution in [0, 0.1) is 0 Å². The summed E-state index contributed by atoms with van der Waals surface area (Å²) in [5, 5.41) is 0.958. The molecule has 3 rings (SSSR count). The Morgan fingerprint density at radius 3 is 2.22 bits per heavy atom. The number of ether oxygens (including phenoxy) is 3. The molecule has 0 saturated heterocycles. The highest BCUT2D eigenvalue weighted by Crippen LogP contribution is 2.38. The van der Waals surface area contributed by atoms with Crippen molar-refractivity contribution in [1.82, 2.24) is 4.98 Å². The van der Waals surface area contributed by atoms with Crippen molar-refractivity contribution >= 4 is 33.7 Å². The van der Waals surface area contributed by atoms with Crippen LogP contribution in [0.4, 0.5) is 0 Å². The van der Waals surface area contributed by atoms with Crippen molar-refractivity contribution in [2.24, 2.45) is 0 Å². The van der Waals surface area contributed by atoms with E-state index < -0.39 is 0 Å². The van der Waals surface area contributed by atoms with Gasteiger partial charge in [-0.1, -0.05) is 18.2 Å². The first-order valence-electron chi connectivity index (χ1n) is 7.09. The van der Waals surface area contributed by atoms with Crippen molar-refractivity contribution in [1.29, 1.82) is 0 Å². The molecule has 0 bridgehead atoms. The quantitative estimate of drug-likeness (QED) is 0.692. The third-order valence-corrected chi connectivity index (χ3v) is 4.42. The van der Waals surface area contributed by atoms with E-state index in [1.54, 1.807) is 32.7 Å². The number of benzene rings is 2. The Kier molecular flexibility index (Phi) is 4.48. The molecule has 5 heteroatoms. The topological polar surface area (TPSA) is 40.6 Å². The predicted molar refractivity (Wildman–Crippen MR) is 94.6 cm³/mol. The summed E-state index contributed by atoms with van der Waals surface area (Å²) in [4.78, 5) is 4.59. The third kappa shape index (κ3) is 3.14. The molecule has 3 aromatic rings. The van der Waals surface area contributed by atoms with Gasteiger partial charge in [0.1, 0.15) is 5.01 Å². The number of thiazole rings is 1. The number of para-hydroxylation sites is 1. The number of hydrogen-bond donors (Lipinski definition) is 0. The van der Waals surface area contributed by atoms with Crippen LogP contribution < -0.4 is 14.2 Å². The fraction of sp³-hybridized carbons (Fsp3) is 0.167. The zero-order valence-electron chi connectivity index (χ0n) is 13.2. The minimum Gasteiger partial charge on any atom is -0.493 e. The van der Waals surface area contributed by atoms with Gasteiger partial charge in [0.15, 0.2) is 11.5 Å². The molecule has 0 fully saturated rings. The van der Waals surface area contributed by atoms with Gasteiger partial charge in [-0.15, -0.1) is 11.3 Å². The van der Waals surface area contributed by atoms with Crippen LogP contribution in [0.5, 0.6) is 17.2 Å². The summed E-state index contributed by atoms with van der Waals surface area (Å²) in [5.41, 5.74) is 1.97. The molecule has 0 aliphatic heterocycles. The van der Waals surface area contributed by atoms with Crippen molar-refractivity contribution in [3.05, 3.63) is 47.0 Å². The molecule has 1 aromatic heterocycles. The maximum Gasteiger partial charge on any atom is 0.203 e. The smallest absolute Gasteiger partial charge is 0.203 e. The number of aromatic nitrogens is 1. The lowest BCUT2D eigenvalue weighted by Crippen LogP contribution is -1.95. The maximum atomic E-state index is 5.37. The second-order valence-electron chi connectivity index (χ2n) is 4.81. The predicted octanol–water partition coefficient (Wildman–Crippen LogP) is 4.49. The number of fused-ring (bicyclic) bond motifs is 1. The van der Waals surface area contributed by atoms with Gasteiger partial charge in [-0.05, 0) is 35.9 Å². The molecule has 0 aliphatic carbocycles. The number of hydrogen-bond acceptors (Lipinski definition) is 5. The first-order chi connectivity index (χ1) is 11.2. The van der Waals surface area contributed by atoms with Crippen molar-refractivity contribution in [3.63, 3.8) is 0 Å². The summed E-state index contributed by atoms with van der Waals surface area (Å²) in [7, 11) is 4.81. The highest BCUT2D eigenvalue weighted by atomic mass is 32.1. The molecule has 4 nitrogen and oxygen atoms in total. The van der Waals surface area contributed by atoms with E-state index in [0.717, 1.165) is 16.1 Å². The maximum absolute atomic E-state index is 5.37. The summed E-state index contributed by atoms with van der Waals surface area (Å²) >= 11 is 1.66. The standard InChI is InChI=1S/C18H17NO3S/c1-20-14-10-12(11-15(21-2)18(14)22-3)8-9-17-19-13-6-4-5-7-16(13)23-17/h4-11H,1-3H3/b9-8-.